The monoisotopic (exact) mass is 362 g/mol. The SMILES string of the molecule is O=C(Nc1c(Cl)cc(Br)cc1Cl)c1ccnc(F)c1. The van der Waals surface area contributed by atoms with Gasteiger partial charge in [-0.25, -0.2) is 4.98 Å². The number of anilines is 1. The zero-order valence-electron chi connectivity index (χ0n) is 9.25. The summed E-state index contributed by atoms with van der Waals surface area (Å²) in [6.45, 7) is 0. The Morgan fingerprint density at radius 2 is 1.89 bits per heavy atom. The summed E-state index contributed by atoms with van der Waals surface area (Å²) in [4.78, 5) is 15.3. The van der Waals surface area contributed by atoms with E-state index in [1.54, 1.807) is 12.1 Å². The van der Waals surface area contributed by atoms with Crippen molar-refractivity contribution in [2.24, 2.45) is 0 Å². The third-order valence-electron chi connectivity index (χ3n) is 2.23. The van der Waals surface area contributed by atoms with Crippen molar-refractivity contribution in [2.45, 2.75) is 0 Å². The average molecular weight is 364 g/mol. The molecule has 0 atom stereocenters. The minimum absolute atomic E-state index is 0.127. The van der Waals surface area contributed by atoms with Gasteiger partial charge in [-0.2, -0.15) is 4.39 Å². The topological polar surface area (TPSA) is 42.0 Å². The molecule has 3 nitrogen and oxygen atoms in total. The van der Waals surface area contributed by atoms with Crippen molar-refractivity contribution in [3.8, 4) is 0 Å². The van der Waals surface area contributed by atoms with Gasteiger partial charge >= 0.3 is 0 Å². The standard InChI is InChI=1S/C12H6BrCl2FN2O/c13-7-4-8(14)11(9(15)5-7)18-12(19)6-1-2-17-10(16)3-6/h1-5H,(H,18,19). The fourth-order valence-corrected chi connectivity index (χ4v) is 2.69. The number of pyridine rings is 1. The van der Waals surface area contributed by atoms with Crippen molar-refractivity contribution in [3.05, 3.63) is 56.5 Å². The third-order valence-corrected chi connectivity index (χ3v) is 3.29. The second kappa shape index (κ2) is 5.86. The van der Waals surface area contributed by atoms with Gasteiger partial charge in [0.2, 0.25) is 5.95 Å². The molecule has 0 saturated heterocycles. The Labute approximate surface area is 126 Å². The van der Waals surface area contributed by atoms with Gasteiger partial charge in [0, 0.05) is 22.3 Å². The summed E-state index contributed by atoms with van der Waals surface area (Å²) in [6.07, 6.45) is 1.20. The highest BCUT2D eigenvalue weighted by Gasteiger charge is 2.13. The molecule has 7 heteroatoms. The summed E-state index contributed by atoms with van der Waals surface area (Å²) in [5.41, 5.74) is 0.399. The number of halogens is 4. The number of rotatable bonds is 2. The number of amides is 1. The molecule has 1 heterocycles. The van der Waals surface area contributed by atoms with E-state index in [0.29, 0.717) is 4.47 Å². The maximum absolute atomic E-state index is 12.9. The molecule has 1 aromatic carbocycles. The number of benzene rings is 1. The second-order valence-corrected chi connectivity index (χ2v) is 5.30. The van der Waals surface area contributed by atoms with Crippen LogP contribution in [0.15, 0.2) is 34.9 Å². The lowest BCUT2D eigenvalue weighted by atomic mass is 10.2. The first-order valence-corrected chi connectivity index (χ1v) is 6.59. The van der Waals surface area contributed by atoms with Crippen LogP contribution in [0.1, 0.15) is 10.4 Å². The number of nitrogens with zero attached hydrogens (tertiary/aromatic N) is 1. The van der Waals surface area contributed by atoms with Gasteiger partial charge < -0.3 is 5.32 Å². The van der Waals surface area contributed by atoms with Gasteiger partial charge in [-0.15, -0.1) is 0 Å². The van der Waals surface area contributed by atoms with Gasteiger partial charge in [0.1, 0.15) is 0 Å². The number of carbonyl (C=O) groups excluding carboxylic acids is 1. The van der Waals surface area contributed by atoms with Gasteiger partial charge in [-0.3, -0.25) is 4.79 Å². The van der Waals surface area contributed by atoms with Crippen LogP contribution in [0.3, 0.4) is 0 Å². The summed E-state index contributed by atoms with van der Waals surface area (Å²) < 4.78 is 13.6. The van der Waals surface area contributed by atoms with E-state index in [0.717, 1.165) is 6.07 Å². The van der Waals surface area contributed by atoms with Crippen LogP contribution in [0.25, 0.3) is 0 Å². The van der Waals surface area contributed by atoms with E-state index in [1.807, 2.05) is 0 Å². The molecule has 0 radical (unpaired) electrons. The van der Waals surface area contributed by atoms with Gasteiger partial charge in [-0.1, -0.05) is 39.1 Å². The first-order valence-electron chi connectivity index (χ1n) is 5.05. The van der Waals surface area contributed by atoms with Gasteiger partial charge in [-0.05, 0) is 18.2 Å². The molecule has 0 spiro atoms. The number of hydrogen-bond donors (Lipinski definition) is 1. The highest BCUT2D eigenvalue weighted by atomic mass is 79.9. The van der Waals surface area contributed by atoms with Gasteiger partial charge in [0.25, 0.3) is 5.91 Å². The van der Waals surface area contributed by atoms with Crippen molar-refractivity contribution in [2.75, 3.05) is 5.32 Å². The van der Waals surface area contributed by atoms with E-state index >= 15 is 0 Å². The molecule has 0 aliphatic heterocycles. The van der Waals surface area contributed by atoms with Crippen molar-refractivity contribution in [3.63, 3.8) is 0 Å². The molecule has 1 aromatic heterocycles. The van der Waals surface area contributed by atoms with Crippen LogP contribution >= 0.6 is 39.1 Å². The van der Waals surface area contributed by atoms with E-state index in [9.17, 15) is 9.18 Å². The molecule has 1 N–H and O–H groups in total. The molecule has 98 valence electrons. The normalized spacial score (nSPS) is 10.3. The van der Waals surface area contributed by atoms with Crippen LogP contribution in [0.4, 0.5) is 10.1 Å². The first kappa shape index (κ1) is 14.2. The summed E-state index contributed by atoms with van der Waals surface area (Å²) in [5, 5.41) is 3.09. The Morgan fingerprint density at radius 1 is 1.26 bits per heavy atom. The van der Waals surface area contributed by atoms with Gasteiger partial charge in [0.15, 0.2) is 0 Å². The van der Waals surface area contributed by atoms with Crippen molar-refractivity contribution < 1.29 is 9.18 Å². The van der Waals surface area contributed by atoms with Crippen molar-refractivity contribution >= 4 is 50.7 Å². The van der Waals surface area contributed by atoms with Crippen LogP contribution in [-0.4, -0.2) is 10.9 Å². The molecule has 0 aliphatic carbocycles. The van der Waals surface area contributed by atoms with Crippen LogP contribution in [0, 0.1) is 5.95 Å². The molecule has 0 aliphatic rings. The molecule has 2 aromatic rings. The molecule has 2 rings (SSSR count). The zero-order chi connectivity index (χ0) is 14.0. The average Bonchev–Trinajstić information content (AvgIpc) is 2.33. The molecule has 1 amide bonds. The number of nitrogens with one attached hydrogen (secondary N) is 1. The smallest absolute Gasteiger partial charge is 0.255 e. The predicted octanol–water partition coefficient (Wildman–Crippen LogP) is 4.54. The molecule has 0 bridgehead atoms. The van der Waals surface area contributed by atoms with Crippen molar-refractivity contribution in [1.82, 2.24) is 4.98 Å². The molecule has 0 fully saturated rings. The maximum atomic E-state index is 12.9. The Balaban J connectivity index is 2.29. The Kier molecular flexibility index (Phi) is 4.39. The summed E-state index contributed by atoms with van der Waals surface area (Å²) in [6, 6.07) is 5.60. The van der Waals surface area contributed by atoms with Crippen LogP contribution in [-0.2, 0) is 0 Å². The summed E-state index contributed by atoms with van der Waals surface area (Å²) >= 11 is 15.2. The quantitative estimate of drug-likeness (QED) is 0.795. The highest BCUT2D eigenvalue weighted by Crippen LogP contribution is 2.34. The fourth-order valence-electron chi connectivity index (χ4n) is 1.39. The molecular formula is C12H6BrCl2FN2O. The van der Waals surface area contributed by atoms with E-state index < -0.39 is 11.9 Å². The van der Waals surface area contributed by atoms with Crippen molar-refractivity contribution in [1.29, 1.82) is 0 Å². The van der Waals surface area contributed by atoms with E-state index in [4.69, 9.17) is 23.2 Å². The van der Waals surface area contributed by atoms with E-state index in [1.165, 1.54) is 12.3 Å². The van der Waals surface area contributed by atoms with Gasteiger partial charge in [0.05, 0.1) is 15.7 Å². The predicted molar refractivity (Wildman–Crippen MR) is 76.3 cm³/mol. The minimum Gasteiger partial charge on any atom is -0.319 e. The van der Waals surface area contributed by atoms with E-state index in [-0.39, 0.29) is 21.3 Å². The lowest BCUT2D eigenvalue weighted by Crippen LogP contribution is -2.13. The Bertz CT molecular complexity index is 628. The van der Waals surface area contributed by atoms with Crippen LogP contribution < -0.4 is 5.32 Å². The number of hydrogen-bond acceptors (Lipinski definition) is 2. The Morgan fingerprint density at radius 3 is 2.47 bits per heavy atom. The number of carbonyl (C=O) groups is 1. The number of aromatic nitrogens is 1. The summed E-state index contributed by atoms with van der Waals surface area (Å²) in [7, 11) is 0. The lowest BCUT2D eigenvalue weighted by molar-refractivity contribution is 0.102. The van der Waals surface area contributed by atoms with Crippen LogP contribution in [0.5, 0.6) is 0 Å². The fraction of sp³-hybridized carbons (Fsp3) is 0. The molecule has 0 saturated carbocycles. The molecule has 19 heavy (non-hydrogen) atoms. The van der Waals surface area contributed by atoms with Crippen LogP contribution in [0.2, 0.25) is 10.0 Å². The summed E-state index contributed by atoms with van der Waals surface area (Å²) in [5.74, 6) is -1.26. The highest BCUT2D eigenvalue weighted by molar-refractivity contribution is 9.10. The minimum atomic E-state index is -0.736. The first-order chi connectivity index (χ1) is 8.97. The largest absolute Gasteiger partial charge is 0.319 e. The molecular weight excluding hydrogens is 358 g/mol. The van der Waals surface area contributed by atoms with E-state index in [2.05, 4.69) is 26.2 Å². The lowest BCUT2D eigenvalue weighted by Gasteiger charge is -2.09. The molecule has 0 unspecified atom stereocenters. The zero-order valence-corrected chi connectivity index (χ0v) is 12.4. The second-order valence-electron chi connectivity index (χ2n) is 3.57. The Hall–Kier alpha value is -1.17. The maximum Gasteiger partial charge on any atom is 0.255 e. The third kappa shape index (κ3) is 3.43.